The molecule has 14 heavy (non-hydrogen) atoms. The second-order valence-electron chi connectivity index (χ2n) is 2.88. The molecule has 0 atom stereocenters. The van der Waals surface area contributed by atoms with Crippen molar-refractivity contribution in [1.82, 2.24) is 4.98 Å². The first-order valence-corrected chi connectivity index (χ1v) is 4.03. The van der Waals surface area contributed by atoms with E-state index in [0.29, 0.717) is 17.1 Å². The van der Waals surface area contributed by atoms with Crippen LogP contribution in [0.15, 0.2) is 29.1 Å². The molecular weight excluding hydrogens is 182 g/mol. The third-order valence-electron chi connectivity index (χ3n) is 2.07. The number of carbonyl (C=O) groups is 1. The predicted octanol–water partition coefficient (Wildman–Crippen LogP) is 1.05. The summed E-state index contributed by atoms with van der Waals surface area (Å²) in [6, 6.07) is 6.62. The van der Waals surface area contributed by atoms with Crippen molar-refractivity contribution in [3.63, 3.8) is 0 Å². The summed E-state index contributed by atoms with van der Waals surface area (Å²) in [5.41, 5.74) is -0.288. The second-order valence-corrected chi connectivity index (χ2v) is 2.88. The molecule has 70 valence electrons. The number of aromatic amines is 1. The van der Waals surface area contributed by atoms with Gasteiger partial charge in [-0.05, 0) is 6.07 Å². The molecule has 0 amide bonds. The first kappa shape index (κ1) is 8.50. The number of rotatable bonds is 1. The highest BCUT2D eigenvalue weighted by molar-refractivity contribution is 5.99. The predicted molar refractivity (Wildman–Crippen MR) is 51.6 cm³/mol. The van der Waals surface area contributed by atoms with E-state index in [-0.39, 0.29) is 11.4 Å². The fraction of sp³-hybridized carbons (Fsp3) is 0. The lowest BCUT2D eigenvalue weighted by Crippen LogP contribution is -2.07. The van der Waals surface area contributed by atoms with Gasteiger partial charge in [0.2, 0.25) is 5.88 Å². The lowest BCUT2D eigenvalue weighted by Gasteiger charge is -2.01. The molecule has 2 aromatic rings. The number of hydrogen-bond donors (Lipinski definition) is 2. The molecule has 0 aliphatic carbocycles. The average Bonchev–Trinajstić information content (AvgIpc) is 2.18. The van der Waals surface area contributed by atoms with E-state index in [2.05, 4.69) is 4.98 Å². The summed E-state index contributed by atoms with van der Waals surface area (Å²) in [5, 5.41) is 10.2. The molecule has 0 spiro atoms. The van der Waals surface area contributed by atoms with Gasteiger partial charge in [-0.25, -0.2) is 0 Å². The molecule has 0 bridgehead atoms. The smallest absolute Gasteiger partial charge is 0.258 e. The molecule has 1 aromatic carbocycles. The molecule has 0 saturated carbocycles. The number of aldehydes is 1. The number of aromatic nitrogens is 1. The zero-order valence-electron chi connectivity index (χ0n) is 7.15. The van der Waals surface area contributed by atoms with Gasteiger partial charge in [-0.1, -0.05) is 18.2 Å². The Morgan fingerprint density at radius 3 is 2.50 bits per heavy atom. The summed E-state index contributed by atoms with van der Waals surface area (Å²) in [6.07, 6.45) is 0.521. The van der Waals surface area contributed by atoms with E-state index < -0.39 is 5.56 Å². The van der Waals surface area contributed by atoms with Crippen LogP contribution >= 0.6 is 0 Å². The summed E-state index contributed by atoms with van der Waals surface area (Å²) >= 11 is 0. The average molecular weight is 189 g/mol. The van der Waals surface area contributed by atoms with Crippen molar-refractivity contribution in [2.24, 2.45) is 0 Å². The Morgan fingerprint density at radius 2 is 1.86 bits per heavy atom. The van der Waals surface area contributed by atoms with Gasteiger partial charge < -0.3 is 5.11 Å². The van der Waals surface area contributed by atoms with Crippen molar-refractivity contribution in [3.05, 3.63) is 40.2 Å². The summed E-state index contributed by atoms with van der Waals surface area (Å²) in [4.78, 5) is 24.2. The Labute approximate surface area is 78.8 Å². The number of aromatic hydroxyl groups is 1. The van der Waals surface area contributed by atoms with E-state index >= 15 is 0 Å². The van der Waals surface area contributed by atoms with E-state index in [4.69, 9.17) is 0 Å². The number of carbonyl (C=O) groups excluding carboxylic acids is 1. The van der Waals surface area contributed by atoms with Crippen LogP contribution in [-0.2, 0) is 0 Å². The van der Waals surface area contributed by atoms with Gasteiger partial charge in [-0.2, -0.15) is 0 Å². The third kappa shape index (κ3) is 1.08. The van der Waals surface area contributed by atoms with E-state index in [1.165, 1.54) is 0 Å². The normalized spacial score (nSPS) is 10.3. The van der Waals surface area contributed by atoms with Crippen molar-refractivity contribution >= 4 is 17.1 Å². The monoisotopic (exact) mass is 189 g/mol. The van der Waals surface area contributed by atoms with Crippen molar-refractivity contribution in [3.8, 4) is 5.88 Å². The van der Waals surface area contributed by atoms with Gasteiger partial charge in [-0.3, -0.25) is 14.6 Å². The van der Waals surface area contributed by atoms with E-state index in [0.717, 1.165) is 0 Å². The Hall–Kier alpha value is -2.10. The van der Waals surface area contributed by atoms with Crippen LogP contribution < -0.4 is 5.56 Å². The summed E-state index contributed by atoms with van der Waals surface area (Å²) in [7, 11) is 0. The second kappa shape index (κ2) is 2.99. The van der Waals surface area contributed by atoms with E-state index in [1.807, 2.05) is 0 Å². The lowest BCUT2D eigenvalue weighted by molar-refractivity contribution is 0.112. The maximum Gasteiger partial charge on any atom is 0.258 e. The van der Waals surface area contributed by atoms with Crippen molar-refractivity contribution < 1.29 is 9.90 Å². The molecule has 0 aliphatic heterocycles. The first-order chi connectivity index (χ1) is 6.74. The summed E-state index contributed by atoms with van der Waals surface area (Å²) < 4.78 is 0. The Bertz CT molecular complexity index is 557. The molecule has 2 rings (SSSR count). The van der Waals surface area contributed by atoms with Crippen LogP contribution in [0.1, 0.15) is 10.4 Å². The SMILES string of the molecule is O=Cc1c(O)[nH]c(=O)c2ccccc12. The summed E-state index contributed by atoms with van der Waals surface area (Å²) in [6.45, 7) is 0. The molecule has 1 aromatic heterocycles. The van der Waals surface area contributed by atoms with Gasteiger partial charge in [0.15, 0.2) is 6.29 Å². The molecule has 0 fully saturated rings. The minimum Gasteiger partial charge on any atom is -0.494 e. The highest BCUT2D eigenvalue weighted by Gasteiger charge is 2.08. The van der Waals surface area contributed by atoms with Crippen molar-refractivity contribution in [2.45, 2.75) is 0 Å². The maximum absolute atomic E-state index is 11.3. The van der Waals surface area contributed by atoms with Crippen LogP contribution in [-0.4, -0.2) is 16.4 Å². The van der Waals surface area contributed by atoms with Gasteiger partial charge in [0, 0.05) is 10.8 Å². The van der Waals surface area contributed by atoms with Crippen LogP contribution in [0.2, 0.25) is 0 Å². The van der Waals surface area contributed by atoms with Crippen LogP contribution in [0.3, 0.4) is 0 Å². The zero-order valence-corrected chi connectivity index (χ0v) is 7.15. The van der Waals surface area contributed by atoms with Crippen LogP contribution in [0.5, 0.6) is 5.88 Å². The lowest BCUT2D eigenvalue weighted by atomic mass is 10.1. The number of fused-ring (bicyclic) bond motifs is 1. The number of benzene rings is 1. The largest absolute Gasteiger partial charge is 0.494 e. The number of hydrogen-bond acceptors (Lipinski definition) is 3. The molecule has 2 N–H and O–H groups in total. The molecule has 0 radical (unpaired) electrons. The minimum absolute atomic E-state index is 0.111. The number of nitrogens with one attached hydrogen (secondary N) is 1. The van der Waals surface area contributed by atoms with Crippen molar-refractivity contribution in [2.75, 3.05) is 0 Å². The van der Waals surface area contributed by atoms with E-state index in [1.54, 1.807) is 24.3 Å². The number of pyridine rings is 1. The maximum atomic E-state index is 11.3. The topological polar surface area (TPSA) is 70.2 Å². The van der Waals surface area contributed by atoms with Gasteiger partial charge in [0.25, 0.3) is 5.56 Å². The molecule has 4 nitrogen and oxygen atoms in total. The standard InChI is InChI=1S/C10H7NO3/c12-5-8-6-3-1-2-4-7(6)9(13)11-10(8)14/h1-5H,(H2,11,13,14). The van der Waals surface area contributed by atoms with Crippen molar-refractivity contribution in [1.29, 1.82) is 0 Å². The Morgan fingerprint density at radius 1 is 1.21 bits per heavy atom. The molecular formula is C10H7NO3. The Kier molecular flexibility index (Phi) is 1.81. The van der Waals surface area contributed by atoms with Gasteiger partial charge in [0.05, 0.1) is 5.56 Å². The highest BCUT2D eigenvalue weighted by Crippen LogP contribution is 2.19. The van der Waals surface area contributed by atoms with Crippen LogP contribution in [0.25, 0.3) is 10.8 Å². The number of H-pyrrole nitrogens is 1. The quantitative estimate of drug-likeness (QED) is 0.658. The van der Waals surface area contributed by atoms with Gasteiger partial charge >= 0.3 is 0 Å². The fourth-order valence-corrected chi connectivity index (χ4v) is 1.41. The molecule has 0 aliphatic rings. The van der Waals surface area contributed by atoms with Gasteiger partial charge in [0.1, 0.15) is 0 Å². The fourth-order valence-electron chi connectivity index (χ4n) is 1.41. The van der Waals surface area contributed by atoms with Crippen LogP contribution in [0.4, 0.5) is 0 Å². The van der Waals surface area contributed by atoms with Crippen LogP contribution in [0, 0.1) is 0 Å². The zero-order chi connectivity index (χ0) is 10.1. The minimum atomic E-state index is -0.399. The highest BCUT2D eigenvalue weighted by atomic mass is 16.3. The Balaban J connectivity index is 3.05. The first-order valence-electron chi connectivity index (χ1n) is 4.03. The van der Waals surface area contributed by atoms with E-state index in [9.17, 15) is 14.7 Å². The third-order valence-corrected chi connectivity index (χ3v) is 2.07. The van der Waals surface area contributed by atoms with Gasteiger partial charge in [-0.15, -0.1) is 0 Å². The summed E-state index contributed by atoms with van der Waals surface area (Å²) in [5.74, 6) is -0.385. The molecule has 0 saturated heterocycles. The molecule has 4 heteroatoms. The molecule has 0 unspecified atom stereocenters. The molecule has 1 heterocycles.